The van der Waals surface area contributed by atoms with Crippen molar-refractivity contribution in [2.45, 2.75) is 271 Å². The van der Waals surface area contributed by atoms with Crippen LogP contribution in [-0.4, -0.2) is 132 Å². The van der Waals surface area contributed by atoms with E-state index in [1.807, 2.05) is 0 Å². The number of ether oxygens (including phenoxy) is 6. The Kier molecular flexibility index (Phi) is 49.5. The molecule has 0 bridgehead atoms. The molecular weight excluding hydrogens is 1410 g/mol. The van der Waals surface area contributed by atoms with Crippen molar-refractivity contribution in [3.8, 4) is 34.5 Å². The van der Waals surface area contributed by atoms with Crippen molar-refractivity contribution in [3.05, 3.63) is 122 Å². The Morgan fingerprint density at radius 3 is 0.900 bits per heavy atom. The lowest BCUT2D eigenvalue weighted by molar-refractivity contribution is -0.119. The normalized spacial score (nSPS) is 13.4. The number of carbonyl (C=O) groups is 6. The summed E-state index contributed by atoms with van der Waals surface area (Å²) in [6.07, 6.45) is 23.6. The lowest BCUT2D eigenvalue weighted by atomic mass is 9.86. The Hall–Kier alpha value is -9.97. The fraction of sp³-hybridized carbons (Fsp3) is 0.692. The van der Waals surface area contributed by atoms with Gasteiger partial charge < -0.3 is 59.8 Å². The van der Waals surface area contributed by atoms with Gasteiger partial charge in [-0.3, -0.25) is 24.0 Å². The van der Waals surface area contributed by atoms with E-state index in [1.54, 1.807) is 43.3 Å². The quantitative estimate of drug-likeness (QED) is 0.0152. The Morgan fingerprint density at radius 1 is 0.355 bits per heavy atom. The molecule has 32 heteroatoms. The van der Waals surface area contributed by atoms with E-state index >= 15 is 14.4 Å². The summed E-state index contributed by atoms with van der Waals surface area (Å²) in [7, 11) is 0. The molecule has 3 atom stereocenters. The fourth-order valence-corrected chi connectivity index (χ4v) is 12.8. The van der Waals surface area contributed by atoms with E-state index < -0.39 is 35.8 Å². The first-order chi connectivity index (χ1) is 53.6. The maximum Gasteiger partial charge on any atom is 0.251 e. The minimum absolute atomic E-state index is 0.0635. The summed E-state index contributed by atoms with van der Waals surface area (Å²) < 4.78 is 39.3. The number of hydrogen-bond acceptors (Lipinski definition) is 17. The fourth-order valence-electron chi connectivity index (χ4n) is 12.8. The van der Waals surface area contributed by atoms with Gasteiger partial charge in [0.2, 0.25) is 11.8 Å². The molecule has 110 heavy (non-hydrogen) atoms. The molecule has 1 aliphatic carbocycles. The predicted molar refractivity (Wildman–Crippen MR) is 424 cm³/mol. The van der Waals surface area contributed by atoms with Crippen molar-refractivity contribution in [2.24, 2.45) is 25.6 Å². The van der Waals surface area contributed by atoms with Gasteiger partial charge in [0.15, 0.2) is 0 Å². The molecule has 604 valence electrons. The summed E-state index contributed by atoms with van der Waals surface area (Å²) >= 11 is 0. The van der Waals surface area contributed by atoms with E-state index in [0.29, 0.717) is 183 Å². The number of rotatable bonds is 64. The molecule has 3 aromatic carbocycles. The predicted octanol–water partition coefficient (Wildman–Crippen LogP) is 18.2. The van der Waals surface area contributed by atoms with Crippen LogP contribution >= 0.6 is 0 Å². The highest BCUT2D eigenvalue weighted by molar-refractivity contribution is 5.97. The monoisotopic (exact) mass is 1530 g/mol. The minimum Gasteiger partial charge on any atom is -0.493 e. The zero-order valence-corrected chi connectivity index (χ0v) is 65.5. The van der Waals surface area contributed by atoms with E-state index in [4.69, 9.17) is 56.1 Å². The largest absolute Gasteiger partial charge is 0.493 e. The highest BCUT2D eigenvalue weighted by Crippen LogP contribution is 2.37. The van der Waals surface area contributed by atoms with Gasteiger partial charge in [-0.1, -0.05) is 122 Å². The SMILES string of the molecule is CCCCCCCOc1cc(C(=O)N[C@H]2C[C@@H](NC(=O)c3cc(OCCCCCCN=[N+]=[N-])c(CCCCC(C)=O)c(OCCCCCCN=[N+]=[N-])c3)C[C@@H](NC(=O)c3cc(OCCCCCCN=[N+]=[N-])c(CCCNC(C)=O)c(OCCCCCCN=[N+]=[N-])c3)C2)cc(OCCCCCCN=[N+]=[N-])c1CNC(C)=O. The molecule has 1 fully saturated rings. The van der Waals surface area contributed by atoms with Gasteiger partial charge in [-0.25, -0.2) is 0 Å². The average Bonchev–Trinajstić information content (AvgIpc) is 0.814. The Labute approximate surface area is 648 Å². The maximum atomic E-state index is 15.3. The van der Waals surface area contributed by atoms with E-state index in [2.05, 4.69) is 83.6 Å². The average molecular weight is 1530 g/mol. The van der Waals surface area contributed by atoms with Crippen molar-refractivity contribution in [1.29, 1.82) is 0 Å². The van der Waals surface area contributed by atoms with Gasteiger partial charge in [0, 0.05) is 130 Å². The van der Waals surface area contributed by atoms with Gasteiger partial charge in [-0.05, 0) is 193 Å². The van der Waals surface area contributed by atoms with Gasteiger partial charge in [0.05, 0.1) is 51.7 Å². The molecule has 0 unspecified atom stereocenters. The second-order valence-corrected chi connectivity index (χ2v) is 27.8. The number of benzene rings is 3. The first-order valence-electron chi connectivity index (χ1n) is 39.9. The van der Waals surface area contributed by atoms with Crippen LogP contribution in [0, 0.1) is 0 Å². The third-order valence-electron chi connectivity index (χ3n) is 18.6. The molecule has 5 N–H and O–H groups in total. The van der Waals surface area contributed by atoms with Crippen molar-refractivity contribution >= 4 is 35.3 Å². The van der Waals surface area contributed by atoms with Crippen molar-refractivity contribution in [2.75, 3.05) is 78.9 Å². The lowest BCUT2D eigenvalue weighted by Crippen LogP contribution is -2.53. The summed E-state index contributed by atoms with van der Waals surface area (Å²) in [5.74, 6) is 0.732. The first kappa shape index (κ1) is 92.4. The number of hydrogen-bond donors (Lipinski definition) is 5. The molecule has 0 radical (unpaired) electrons. The summed E-state index contributed by atoms with van der Waals surface area (Å²) in [5, 5.41) is 33.9. The molecule has 0 aliphatic heterocycles. The summed E-state index contributed by atoms with van der Waals surface area (Å²) in [6.45, 7) is 10.8. The molecule has 32 nitrogen and oxygen atoms in total. The zero-order chi connectivity index (χ0) is 79.5. The topological polar surface area (TPSA) is 462 Å². The van der Waals surface area contributed by atoms with Crippen molar-refractivity contribution < 1.29 is 57.2 Å². The van der Waals surface area contributed by atoms with Gasteiger partial charge in [0.1, 0.15) is 40.3 Å². The molecule has 4 rings (SSSR count). The van der Waals surface area contributed by atoms with E-state index in [-0.39, 0.29) is 66.7 Å². The van der Waals surface area contributed by atoms with Crippen LogP contribution in [0.1, 0.15) is 281 Å². The third kappa shape index (κ3) is 40.5. The van der Waals surface area contributed by atoms with E-state index in [1.165, 1.54) is 13.8 Å². The number of amides is 5. The number of azide groups is 5. The molecule has 0 spiro atoms. The smallest absolute Gasteiger partial charge is 0.251 e. The number of nitrogens with one attached hydrogen (secondary N) is 5. The van der Waals surface area contributed by atoms with Crippen LogP contribution in [0.5, 0.6) is 34.5 Å². The molecular formula is C78H120N20O12. The van der Waals surface area contributed by atoms with E-state index in [0.717, 1.165) is 140 Å². The summed E-state index contributed by atoms with van der Waals surface area (Å²) in [5.41, 5.74) is 46.7. The molecule has 0 saturated heterocycles. The molecule has 1 aliphatic rings. The van der Waals surface area contributed by atoms with Crippen molar-refractivity contribution in [1.82, 2.24) is 26.6 Å². The number of carbonyl (C=O) groups excluding carboxylic acids is 6. The van der Waals surface area contributed by atoms with Gasteiger partial charge in [-0.2, -0.15) is 0 Å². The van der Waals surface area contributed by atoms with Crippen LogP contribution in [0.15, 0.2) is 62.0 Å². The number of unbranched alkanes of at least 4 members (excludes halogenated alkanes) is 20. The molecule has 0 heterocycles. The minimum atomic E-state index is -0.667. The lowest BCUT2D eigenvalue weighted by Gasteiger charge is -2.36. The highest BCUT2D eigenvalue weighted by atomic mass is 16.5. The molecule has 5 amide bonds. The van der Waals surface area contributed by atoms with Gasteiger partial charge in [-0.15, -0.1) is 0 Å². The third-order valence-corrected chi connectivity index (χ3v) is 18.6. The highest BCUT2D eigenvalue weighted by Gasteiger charge is 2.34. The van der Waals surface area contributed by atoms with E-state index in [9.17, 15) is 14.4 Å². The van der Waals surface area contributed by atoms with Gasteiger partial charge >= 0.3 is 0 Å². The number of Topliss-reactive ketones (excluding diaryl/α,β-unsaturated/α-hetero) is 1. The van der Waals surface area contributed by atoms with Crippen LogP contribution in [0.3, 0.4) is 0 Å². The van der Waals surface area contributed by atoms with Crippen LogP contribution in [0.25, 0.3) is 52.2 Å². The number of nitrogens with zero attached hydrogens (tertiary/aromatic N) is 15. The Morgan fingerprint density at radius 2 is 0.627 bits per heavy atom. The molecule has 3 aromatic rings. The van der Waals surface area contributed by atoms with Crippen LogP contribution < -0.4 is 55.0 Å². The summed E-state index contributed by atoms with van der Waals surface area (Å²) in [4.78, 5) is 96.7. The van der Waals surface area contributed by atoms with Crippen LogP contribution in [-0.2, 0) is 33.8 Å². The number of ketones is 1. The molecule has 0 aromatic heterocycles. The Bertz CT molecular complexity index is 3270. The summed E-state index contributed by atoms with van der Waals surface area (Å²) in [6, 6.07) is 8.14. The standard InChI is InChI=1S/C78H120N20O12/c1-5-6-7-13-26-46-109-74-52-63(53-75(69(74)57-85-60(4)101)110-47-31-18-12-25-41-90-98-83)78(104)93-66-55-64(91-76(102)61-48-70(105-42-27-14-8-21-37-86-94-79)67(34-20-19-33-58(2)99)71(49-61)106-43-28-15-9-22-38-87-95-80)54-65(56-66)92-77(103)62-50-72(107-44-29-16-10-23-39-88-96-81)68(35-32-36-84-59(3)100)73(51-62)108-45-30-17-11-24-40-89-97-82/h48-53,64-66H,5-47,54-57H2,1-4H3,(H,84,100)(H,85,101)(H,91,102)(H,92,103)(H,93,104)/t64-,65+,66-/m0/s1. The zero-order valence-electron chi connectivity index (χ0n) is 65.5. The Balaban J connectivity index is 1.88. The second kappa shape index (κ2) is 59.0. The molecule has 1 saturated carbocycles. The first-order valence-corrected chi connectivity index (χ1v) is 39.9. The second-order valence-electron chi connectivity index (χ2n) is 27.8. The van der Waals surface area contributed by atoms with Gasteiger partial charge in [0.25, 0.3) is 17.7 Å². The maximum absolute atomic E-state index is 15.3. The van der Waals surface area contributed by atoms with Crippen LogP contribution in [0.2, 0.25) is 0 Å². The van der Waals surface area contributed by atoms with Crippen molar-refractivity contribution in [3.63, 3.8) is 0 Å². The van der Waals surface area contributed by atoms with Crippen LogP contribution in [0.4, 0.5) is 0 Å².